The summed E-state index contributed by atoms with van der Waals surface area (Å²) in [5.74, 6) is 1.51. The van der Waals surface area contributed by atoms with E-state index in [1.54, 1.807) is 0 Å². The Balaban J connectivity index is 0.00000274. The molecule has 0 amide bonds. The summed E-state index contributed by atoms with van der Waals surface area (Å²) in [5.41, 5.74) is 5.99. The topological polar surface area (TPSA) is 63.3 Å². The van der Waals surface area contributed by atoms with E-state index in [-0.39, 0.29) is 24.0 Å². The first-order chi connectivity index (χ1) is 16.2. The second-order valence-electron chi connectivity index (χ2n) is 8.73. The lowest BCUT2D eigenvalue weighted by Crippen LogP contribution is -2.40. The van der Waals surface area contributed by atoms with E-state index in [1.165, 1.54) is 16.7 Å². The van der Waals surface area contributed by atoms with Gasteiger partial charge in [0.05, 0.1) is 30.1 Å². The maximum Gasteiger partial charge on any atom is 0.194 e. The minimum atomic E-state index is 0. The van der Waals surface area contributed by atoms with Crippen LogP contribution in [0.3, 0.4) is 0 Å². The normalized spacial score (nSPS) is 16.1. The molecule has 1 N–H and O–H groups in total. The summed E-state index contributed by atoms with van der Waals surface area (Å²) >= 11 is 0. The molecule has 2 aromatic heterocycles. The number of para-hydroxylation sites is 2. The van der Waals surface area contributed by atoms with Gasteiger partial charge in [0.1, 0.15) is 0 Å². The van der Waals surface area contributed by atoms with Crippen molar-refractivity contribution in [2.45, 2.75) is 32.4 Å². The zero-order valence-corrected chi connectivity index (χ0v) is 22.1. The van der Waals surface area contributed by atoms with E-state index < -0.39 is 0 Å². The largest absolute Gasteiger partial charge is 0.357 e. The molecule has 8 heteroatoms. The Hall–Kier alpha value is -2.88. The number of guanidine groups is 1. The molecule has 7 nitrogen and oxygen atoms in total. The fraction of sp³-hybridized carbons (Fsp3) is 0.346. The Morgan fingerprint density at radius 2 is 1.91 bits per heavy atom. The summed E-state index contributed by atoms with van der Waals surface area (Å²) in [6.07, 6.45) is 7.17. The minimum absolute atomic E-state index is 0. The Bertz CT molecular complexity index is 1240. The summed E-state index contributed by atoms with van der Waals surface area (Å²) in [4.78, 5) is 11.8. The van der Waals surface area contributed by atoms with Crippen LogP contribution in [-0.2, 0) is 20.1 Å². The van der Waals surface area contributed by atoms with E-state index >= 15 is 0 Å². The summed E-state index contributed by atoms with van der Waals surface area (Å²) in [5, 5.41) is 7.81. The summed E-state index contributed by atoms with van der Waals surface area (Å²) in [6, 6.07) is 17.0. The lowest BCUT2D eigenvalue weighted by Gasteiger charge is -2.21. The first-order valence-electron chi connectivity index (χ1n) is 11.7. The number of benzene rings is 2. The number of likely N-dealkylation sites (tertiary alicyclic amines) is 1. The maximum atomic E-state index is 4.94. The van der Waals surface area contributed by atoms with Gasteiger partial charge in [0.15, 0.2) is 5.96 Å². The molecular weight excluding hydrogens is 537 g/mol. The number of aliphatic imine (C=N–C) groups is 1. The van der Waals surface area contributed by atoms with Crippen LogP contribution in [-0.4, -0.2) is 49.8 Å². The van der Waals surface area contributed by atoms with Crippen molar-refractivity contribution < 1.29 is 0 Å². The van der Waals surface area contributed by atoms with Gasteiger partial charge in [-0.15, -0.1) is 24.0 Å². The Morgan fingerprint density at radius 1 is 1.12 bits per heavy atom. The number of rotatable bonds is 6. The molecule has 0 spiro atoms. The average molecular weight is 569 g/mol. The summed E-state index contributed by atoms with van der Waals surface area (Å²) < 4.78 is 4.08. The third-order valence-corrected chi connectivity index (χ3v) is 6.33. The Morgan fingerprint density at radius 3 is 2.68 bits per heavy atom. The zero-order chi connectivity index (χ0) is 22.6. The van der Waals surface area contributed by atoms with Gasteiger partial charge >= 0.3 is 0 Å². The molecular formula is C26H32IN7. The van der Waals surface area contributed by atoms with Crippen LogP contribution in [0, 0.1) is 0 Å². The number of nitrogens with one attached hydrogen (secondary N) is 1. The number of nitrogens with zero attached hydrogens (tertiary/aromatic N) is 6. The average Bonchev–Trinajstić information content (AvgIpc) is 3.58. The van der Waals surface area contributed by atoms with Crippen molar-refractivity contribution in [1.29, 1.82) is 0 Å². The Labute approximate surface area is 217 Å². The first-order valence-corrected chi connectivity index (χ1v) is 11.7. The quantitative estimate of drug-likeness (QED) is 0.213. The number of fused-ring (bicyclic) bond motifs is 1. The molecule has 3 heterocycles. The molecule has 178 valence electrons. The molecule has 1 aliphatic heterocycles. The van der Waals surface area contributed by atoms with Crippen LogP contribution in [0.5, 0.6) is 0 Å². The highest BCUT2D eigenvalue weighted by molar-refractivity contribution is 14.0. The van der Waals surface area contributed by atoms with Gasteiger partial charge in [0.25, 0.3) is 0 Å². The van der Waals surface area contributed by atoms with Crippen LogP contribution >= 0.6 is 24.0 Å². The highest BCUT2D eigenvalue weighted by atomic mass is 127. The number of aromatic nitrogens is 4. The standard InChI is InChI=1S/C26H31N7.HI/c1-3-27-26(32-13-12-22(18-32)23-15-30-31(2)17-23)28-14-20-8-10-21(11-9-20)16-33-19-29-24-6-4-5-7-25(24)33;/h4-11,15,17,19,22H,3,12-14,16,18H2,1-2H3,(H,27,28);1H. The number of halogens is 1. The molecule has 1 aliphatic rings. The van der Waals surface area contributed by atoms with Gasteiger partial charge in [-0.25, -0.2) is 9.98 Å². The van der Waals surface area contributed by atoms with Crippen molar-refractivity contribution in [2.75, 3.05) is 19.6 Å². The molecule has 1 fully saturated rings. The van der Waals surface area contributed by atoms with E-state index in [4.69, 9.17) is 4.99 Å². The van der Waals surface area contributed by atoms with Gasteiger partial charge in [-0.05, 0) is 42.2 Å². The molecule has 1 saturated heterocycles. The fourth-order valence-corrected chi connectivity index (χ4v) is 4.55. The molecule has 4 aromatic rings. The van der Waals surface area contributed by atoms with Gasteiger partial charge in [0, 0.05) is 45.3 Å². The third kappa shape index (κ3) is 5.43. The van der Waals surface area contributed by atoms with Crippen LogP contribution < -0.4 is 5.32 Å². The zero-order valence-electron chi connectivity index (χ0n) is 19.8. The molecule has 0 radical (unpaired) electrons. The second kappa shape index (κ2) is 11.0. The SMILES string of the molecule is CCNC(=NCc1ccc(Cn2cnc3ccccc32)cc1)N1CCC(c2cnn(C)c2)C1.I. The lowest BCUT2D eigenvalue weighted by molar-refractivity contribution is 0.486. The van der Waals surface area contributed by atoms with Crippen LogP contribution in [0.1, 0.15) is 36.0 Å². The van der Waals surface area contributed by atoms with Crippen LogP contribution in [0.2, 0.25) is 0 Å². The number of aryl methyl sites for hydroxylation is 1. The number of hydrogen-bond donors (Lipinski definition) is 1. The van der Waals surface area contributed by atoms with E-state index in [1.807, 2.05) is 36.4 Å². The van der Waals surface area contributed by atoms with Gasteiger partial charge in [-0.1, -0.05) is 36.4 Å². The van der Waals surface area contributed by atoms with Gasteiger partial charge in [0.2, 0.25) is 0 Å². The van der Waals surface area contributed by atoms with Gasteiger partial charge in [-0.3, -0.25) is 4.68 Å². The smallest absolute Gasteiger partial charge is 0.194 e. The van der Waals surface area contributed by atoms with Gasteiger partial charge in [-0.2, -0.15) is 5.10 Å². The van der Waals surface area contributed by atoms with Crippen molar-refractivity contribution >= 4 is 41.0 Å². The monoisotopic (exact) mass is 569 g/mol. The Kier molecular flexibility index (Phi) is 7.87. The molecule has 0 aliphatic carbocycles. The molecule has 0 saturated carbocycles. The molecule has 34 heavy (non-hydrogen) atoms. The van der Waals surface area contributed by atoms with Crippen LogP contribution in [0.4, 0.5) is 0 Å². The van der Waals surface area contributed by atoms with Crippen molar-refractivity contribution in [1.82, 2.24) is 29.5 Å². The maximum absolute atomic E-state index is 4.94. The molecule has 5 rings (SSSR count). The van der Waals surface area contributed by atoms with Crippen molar-refractivity contribution in [2.24, 2.45) is 12.0 Å². The highest BCUT2D eigenvalue weighted by Gasteiger charge is 2.26. The summed E-state index contributed by atoms with van der Waals surface area (Å²) in [7, 11) is 1.98. The van der Waals surface area contributed by atoms with Crippen molar-refractivity contribution in [3.8, 4) is 0 Å². The number of imidazole rings is 1. The van der Waals surface area contributed by atoms with E-state index in [9.17, 15) is 0 Å². The highest BCUT2D eigenvalue weighted by Crippen LogP contribution is 2.26. The van der Waals surface area contributed by atoms with Gasteiger partial charge < -0.3 is 14.8 Å². The van der Waals surface area contributed by atoms with Crippen LogP contribution in [0.15, 0.2) is 72.2 Å². The van der Waals surface area contributed by atoms with Crippen LogP contribution in [0.25, 0.3) is 11.0 Å². The lowest BCUT2D eigenvalue weighted by atomic mass is 10.0. The van der Waals surface area contributed by atoms with Crippen molar-refractivity contribution in [3.05, 3.63) is 83.9 Å². The molecule has 2 aromatic carbocycles. The predicted molar refractivity (Wildman–Crippen MR) is 148 cm³/mol. The fourth-order valence-electron chi connectivity index (χ4n) is 4.55. The second-order valence-corrected chi connectivity index (χ2v) is 8.73. The molecule has 1 unspecified atom stereocenters. The predicted octanol–water partition coefficient (Wildman–Crippen LogP) is 4.39. The summed E-state index contributed by atoms with van der Waals surface area (Å²) in [6.45, 7) is 6.48. The van der Waals surface area contributed by atoms with Crippen molar-refractivity contribution in [3.63, 3.8) is 0 Å². The minimum Gasteiger partial charge on any atom is -0.357 e. The van der Waals surface area contributed by atoms with E-state index in [0.29, 0.717) is 12.5 Å². The van der Waals surface area contributed by atoms with E-state index in [2.05, 4.69) is 74.4 Å². The number of hydrogen-bond acceptors (Lipinski definition) is 3. The first kappa shape index (κ1) is 24.3. The van der Waals surface area contributed by atoms with E-state index in [0.717, 1.165) is 49.6 Å². The molecule has 0 bridgehead atoms. The third-order valence-electron chi connectivity index (χ3n) is 6.33. The molecule has 1 atom stereocenters.